The second-order valence-electron chi connectivity index (χ2n) is 2.77. The first kappa shape index (κ1) is 12.1. The molecule has 60 valence electrons. The fourth-order valence-corrected chi connectivity index (χ4v) is 2.04. The zero-order valence-electron chi connectivity index (χ0n) is 7.50. The van der Waals surface area contributed by atoms with Gasteiger partial charge in [-0.15, -0.1) is 0 Å². The van der Waals surface area contributed by atoms with Gasteiger partial charge in [0.1, 0.15) is 0 Å². The third-order valence-electron chi connectivity index (χ3n) is 1.84. The van der Waals surface area contributed by atoms with Crippen molar-refractivity contribution < 1.29 is 78.5 Å². The summed E-state index contributed by atoms with van der Waals surface area (Å²) in [6.45, 7) is 1.91. The van der Waals surface area contributed by atoms with E-state index in [0.29, 0.717) is 19.7 Å². The maximum atomic E-state index is 11.2. The average molecular weight is 310 g/mol. The van der Waals surface area contributed by atoms with Crippen molar-refractivity contribution in [2.45, 2.75) is 6.92 Å². The Kier molecular flexibility index (Phi) is 4.39. The third-order valence-corrected chi connectivity index (χ3v) is 2.73. The molecule has 0 unspecified atom stereocenters. The molecule has 0 saturated heterocycles. The number of rotatable bonds is 0. The summed E-state index contributed by atoms with van der Waals surface area (Å²) in [5.74, 6) is 0. The van der Waals surface area contributed by atoms with Crippen LogP contribution in [0.3, 0.4) is 0 Å². The Bertz CT molecular complexity index is 387. The predicted octanol–water partition coefficient (Wildman–Crippen LogP) is -0.761. The molecule has 4 heteroatoms. The summed E-state index contributed by atoms with van der Waals surface area (Å²) in [7, 11) is 0.296. The number of fused-ring (bicyclic) bond motifs is 1. The van der Waals surface area contributed by atoms with Gasteiger partial charge in [0.15, 0.2) is 0 Å². The number of carbonyl (C=O) groups excluding carboxylic acids is 2. The van der Waals surface area contributed by atoms with Crippen LogP contribution >= 0.6 is 8.58 Å². The summed E-state index contributed by atoms with van der Waals surface area (Å²) in [6.07, 6.45) is 0. The van der Waals surface area contributed by atoms with Crippen LogP contribution in [0.25, 0.3) is 0 Å². The van der Waals surface area contributed by atoms with Crippen molar-refractivity contribution in [3.8, 4) is 0 Å². The minimum absolute atomic E-state index is 0. The van der Waals surface area contributed by atoms with E-state index in [1.807, 2.05) is 13.0 Å². The van der Waals surface area contributed by atoms with Crippen LogP contribution in [0, 0.1) is 6.92 Å². The summed E-state index contributed by atoms with van der Waals surface area (Å²) >= 11 is 0. The molecule has 1 aliphatic heterocycles. The molecule has 1 aromatic carbocycles. The summed E-state index contributed by atoms with van der Waals surface area (Å²) in [6, 6.07) is 5.35. The predicted molar refractivity (Wildman–Crippen MR) is 46.8 cm³/mol. The number of hydrogen-bond acceptors (Lipinski definition) is 2. The summed E-state index contributed by atoms with van der Waals surface area (Å²) < 4.78 is 0. The van der Waals surface area contributed by atoms with Crippen molar-refractivity contribution in [2.24, 2.45) is 0 Å². The Morgan fingerprint density at radius 2 is 1.69 bits per heavy atom. The monoisotopic (exact) mass is 310 g/mol. The molecule has 0 aromatic heterocycles. The van der Waals surface area contributed by atoms with Crippen LogP contribution in [-0.4, -0.2) is 11.0 Å². The van der Waals surface area contributed by atoms with Gasteiger partial charge in [-0.2, -0.15) is 0 Å². The van der Waals surface area contributed by atoms with Crippen LogP contribution in [-0.2, 0) is 0 Å². The zero-order valence-corrected chi connectivity index (χ0v) is 14.7. The molecular weight excluding hydrogens is 304 g/mol. The molecule has 0 amide bonds. The van der Waals surface area contributed by atoms with Gasteiger partial charge in [-0.1, -0.05) is 23.8 Å². The minimum atomic E-state index is -0.0741. The van der Waals surface area contributed by atoms with Gasteiger partial charge in [0.2, 0.25) is 0 Å². The van der Waals surface area contributed by atoms with E-state index in [-0.39, 0.29) is 79.9 Å². The molecule has 0 N–H and O–H groups in total. The molecular formula is C9H6CsO2P. The van der Waals surface area contributed by atoms with Crippen molar-refractivity contribution in [2.75, 3.05) is 0 Å². The van der Waals surface area contributed by atoms with Crippen molar-refractivity contribution in [3.05, 3.63) is 34.9 Å². The van der Waals surface area contributed by atoms with Crippen molar-refractivity contribution in [1.29, 1.82) is 0 Å². The fourth-order valence-electron chi connectivity index (χ4n) is 1.23. The number of carbonyl (C=O) groups is 2. The third kappa shape index (κ3) is 2.34. The van der Waals surface area contributed by atoms with Crippen LogP contribution in [0.5, 0.6) is 0 Å². The molecule has 0 fully saturated rings. The first-order valence-corrected chi connectivity index (χ1v) is 4.49. The second kappa shape index (κ2) is 4.71. The molecule has 0 saturated carbocycles. The summed E-state index contributed by atoms with van der Waals surface area (Å²) in [4.78, 5) is 22.3. The van der Waals surface area contributed by atoms with E-state index in [1.54, 1.807) is 12.1 Å². The summed E-state index contributed by atoms with van der Waals surface area (Å²) in [5.41, 5.74) is 2.04. The molecule has 1 heterocycles. The number of hydrogen-bond donors (Lipinski definition) is 0. The molecule has 1 aliphatic rings. The van der Waals surface area contributed by atoms with E-state index in [2.05, 4.69) is 0 Å². The molecule has 2 rings (SSSR count). The molecule has 0 atom stereocenters. The van der Waals surface area contributed by atoms with Gasteiger partial charge in [0.05, 0.1) is 0 Å². The van der Waals surface area contributed by atoms with Crippen LogP contribution in [0.15, 0.2) is 18.2 Å². The topological polar surface area (TPSA) is 34.1 Å². The van der Waals surface area contributed by atoms with Gasteiger partial charge in [-0.25, -0.2) is 0 Å². The van der Waals surface area contributed by atoms with Gasteiger partial charge in [-0.05, 0) is 18.1 Å². The maximum Gasteiger partial charge on any atom is 1.00 e. The molecule has 1 aromatic rings. The largest absolute Gasteiger partial charge is 1.00 e. The normalized spacial score (nSPS) is 15.8. The Labute approximate surface area is 137 Å². The zero-order chi connectivity index (χ0) is 8.72. The van der Waals surface area contributed by atoms with E-state index in [0.717, 1.165) is 5.56 Å². The van der Waals surface area contributed by atoms with Gasteiger partial charge < -0.3 is 18.2 Å². The summed E-state index contributed by atoms with van der Waals surface area (Å²) in [5, 5.41) is 0. The van der Waals surface area contributed by atoms with Crippen molar-refractivity contribution in [3.63, 3.8) is 0 Å². The Morgan fingerprint density at radius 1 is 1.08 bits per heavy atom. The van der Waals surface area contributed by atoms with E-state index >= 15 is 0 Å². The van der Waals surface area contributed by atoms with Gasteiger partial charge in [0, 0.05) is 11.0 Å². The maximum absolute atomic E-state index is 11.2. The van der Waals surface area contributed by atoms with E-state index < -0.39 is 0 Å². The molecule has 0 bridgehead atoms. The smallest absolute Gasteiger partial charge is 0.380 e. The molecule has 0 spiro atoms. The van der Waals surface area contributed by atoms with Gasteiger partial charge in [-0.3, -0.25) is 0 Å². The van der Waals surface area contributed by atoms with E-state index in [9.17, 15) is 9.59 Å². The van der Waals surface area contributed by atoms with E-state index in [4.69, 9.17) is 0 Å². The van der Waals surface area contributed by atoms with Crippen LogP contribution in [0.2, 0.25) is 0 Å². The second-order valence-corrected chi connectivity index (χ2v) is 3.81. The Morgan fingerprint density at radius 3 is 2.38 bits per heavy atom. The molecule has 0 aliphatic carbocycles. The van der Waals surface area contributed by atoms with E-state index in [1.165, 1.54) is 0 Å². The number of benzene rings is 1. The minimum Gasteiger partial charge on any atom is -0.380 e. The standard InChI is InChI=1S/C9H6O2P.Cs/c1-5-2-3-6-7(4-5)9(11)12-8(6)10;/h2-4H,1H3;/q-1;+1. The SMILES string of the molecule is Cc1ccc2c(c1)C(=O)[P-]C2=O.[Cs+]. The Hall–Kier alpha value is 1.04. The first-order chi connectivity index (χ1) is 5.68. The van der Waals surface area contributed by atoms with Crippen LogP contribution in [0.1, 0.15) is 26.3 Å². The van der Waals surface area contributed by atoms with Gasteiger partial charge >= 0.3 is 68.9 Å². The molecule has 13 heavy (non-hydrogen) atoms. The van der Waals surface area contributed by atoms with Crippen molar-refractivity contribution in [1.82, 2.24) is 0 Å². The first-order valence-electron chi connectivity index (χ1n) is 3.59. The van der Waals surface area contributed by atoms with Gasteiger partial charge in [0.25, 0.3) is 0 Å². The van der Waals surface area contributed by atoms with Crippen molar-refractivity contribution >= 4 is 19.6 Å². The van der Waals surface area contributed by atoms with Crippen LogP contribution in [0.4, 0.5) is 0 Å². The fraction of sp³-hybridized carbons (Fsp3) is 0.111. The average Bonchev–Trinajstić information content (AvgIpc) is 2.28. The molecule has 2 nitrogen and oxygen atoms in total. The Balaban J connectivity index is 0.000000845. The number of aryl methyl sites for hydroxylation is 1. The molecule has 0 radical (unpaired) electrons. The van der Waals surface area contributed by atoms with Crippen LogP contribution < -0.4 is 68.9 Å². The quantitative estimate of drug-likeness (QED) is 0.590.